The maximum atomic E-state index is 12.2. The summed E-state index contributed by atoms with van der Waals surface area (Å²) in [5.74, 6) is 0.265. The molecule has 2 heterocycles. The predicted molar refractivity (Wildman–Crippen MR) is 78.2 cm³/mol. The van der Waals surface area contributed by atoms with Crippen molar-refractivity contribution < 1.29 is 13.2 Å². The van der Waals surface area contributed by atoms with Crippen LogP contribution < -0.4 is 9.46 Å². The Labute approximate surface area is 123 Å². The number of hydrogen-bond acceptors (Lipinski definition) is 5. The zero-order valence-electron chi connectivity index (χ0n) is 9.96. The summed E-state index contributed by atoms with van der Waals surface area (Å²) in [6.07, 6.45) is 1.55. The molecule has 8 heteroatoms. The minimum atomic E-state index is -3.64. The van der Waals surface area contributed by atoms with Gasteiger partial charge in [0.1, 0.15) is 5.69 Å². The van der Waals surface area contributed by atoms with Gasteiger partial charge >= 0.3 is 0 Å². The van der Waals surface area contributed by atoms with Gasteiger partial charge in [0.25, 0.3) is 10.0 Å². The molecular formula is C11H11BrN2O3S2. The molecule has 0 spiro atoms. The van der Waals surface area contributed by atoms with Gasteiger partial charge in [-0.05, 0) is 46.4 Å². The van der Waals surface area contributed by atoms with Crippen LogP contribution in [-0.4, -0.2) is 20.0 Å². The molecule has 0 unspecified atom stereocenters. The van der Waals surface area contributed by atoms with Gasteiger partial charge < -0.3 is 4.74 Å². The van der Waals surface area contributed by atoms with E-state index < -0.39 is 10.0 Å². The van der Waals surface area contributed by atoms with E-state index in [4.69, 9.17) is 4.74 Å². The van der Waals surface area contributed by atoms with Crippen molar-refractivity contribution in [2.24, 2.45) is 0 Å². The van der Waals surface area contributed by atoms with Crippen LogP contribution in [0.3, 0.4) is 0 Å². The van der Waals surface area contributed by atoms with Gasteiger partial charge in [-0.2, -0.15) is 0 Å². The second-order valence-corrected chi connectivity index (χ2v) is 7.10. The molecular weight excluding hydrogens is 352 g/mol. The summed E-state index contributed by atoms with van der Waals surface area (Å²) >= 11 is 4.35. The minimum Gasteiger partial charge on any atom is -0.476 e. The third-order valence-corrected chi connectivity index (χ3v) is 6.16. The first-order valence-corrected chi connectivity index (χ1v) is 8.54. The molecule has 0 saturated heterocycles. The van der Waals surface area contributed by atoms with Crippen LogP contribution in [-0.2, 0) is 10.0 Å². The van der Waals surface area contributed by atoms with E-state index in [2.05, 4.69) is 25.6 Å². The molecule has 0 atom stereocenters. The molecule has 0 aliphatic rings. The molecule has 1 N–H and O–H groups in total. The molecule has 0 aromatic carbocycles. The number of thiophene rings is 1. The Balaban J connectivity index is 2.34. The fraction of sp³-hybridized carbons (Fsp3) is 0.182. The number of nitrogens with zero attached hydrogens (tertiary/aromatic N) is 1. The summed E-state index contributed by atoms with van der Waals surface area (Å²) in [6, 6.07) is 4.94. The smallest absolute Gasteiger partial charge is 0.272 e. The predicted octanol–water partition coefficient (Wildman–Crippen LogP) is 3.11. The van der Waals surface area contributed by atoms with Crippen LogP contribution >= 0.6 is 27.3 Å². The van der Waals surface area contributed by atoms with Crippen molar-refractivity contribution >= 4 is 43.0 Å². The SMILES string of the molecule is CCOc1ncccc1NS(=O)(=O)c1sccc1Br. The van der Waals surface area contributed by atoms with Crippen molar-refractivity contribution in [1.29, 1.82) is 0 Å². The van der Waals surface area contributed by atoms with Crippen molar-refractivity contribution in [3.8, 4) is 5.88 Å². The summed E-state index contributed by atoms with van der Waals surface area (Å²) in [5.41, 5.74) is 0.324. The van der Waals surface area contributed by atoms with Crippen LogP contribution in [0, 0.1) is 0 Å². The molecule has 0 amide bonds. The largest absolute Gasteiger partial charge is 0.476 e. The molecule has 0 radical (unpaired) electrons. The first-order chi connectivity index (χ1) is 9.04. The maximum Gasteiger partial charge on any atom is 0.272 e. The second-order valence-electron chi connectivity index (χ2n) is 3.45. The number of pyridine rings is 1. The van der Waals surface area contributed by atoms with Crippen molar-refractivity contribution in [2.45, 2.75) is 11.1 Å². The number of anilines is 1. The van der Waals surface area contributed by atoms with E-state index in [0.29, 0.717) is 16.8 Å². The standard InChI is InChI=1S/C11H11BrN2O3S2/c1-2-17-10-9(4-3-6-13-10)14-19(15,16)11-8(12)5-7-18-11/h3-7,14H,2H2,1H3. The van der Waals surface area contributed by atoms with Gasteiger partial charge in [0.05, 0.1) is 6.61 Å². The van der Waals surface area contributed by atoms with Crippen LogP contribution in [0.4, 0.5) is 5.69 Å². The van der Waals surface area contributed by atoms with E-state index >= 15 is 0 Å². The van der Waals surface area contributed by atoms with Crippen LogP contribution in [0.25, 0.3) is 0 Å². The van der Waals surface area contributed by atoms with E-state index in [9.17, 15) is 8.42 Å². The number of nitrogens with one attached hydrogen (secondary N) is 1. The number of sulfonamides is 1. The highest BCUT2D eigenvalue weighted by atomic mass is 79.9. The fourth-order valence-corrected chi connectivity index (χ4v) is 4.78. The van der Waals surface area contributed by atoms with Gasteiger partial charge in [0, 0.05) is 10.7 Å². The minimum absolute atomic E-state index is 0.221. The molecule has 19 heavy (non-hydrogen) atoms. The number of rotatable bonds is 5. The van der Waals surface area contributed by atoms with Crippen molar-refractivity contribution in [1.82, 2.24) is 4.98 Å². The van der Waals surface area contributed by atoms with Crippen LogP contribution in [0.2, 0.25) is 0 Å². The second kappa shape index (κ2) is 5.89. The number of ether oxygens (including phenoxy) is 1. The lowest BCUT2D eigenvalue weighted by Crippen LogP contribution is -2.13. The first kappa shape index (κ1) is 14.3. The van der Waals surface area contributed by atoms with E-state index in [-0.39, 0.29) is 10.1 Å². The zero-order chi connectivity index (χ0) is 13.9. The Bertz CT molecular complexity index is 670. The van der Waals surface area contributed by atoms with E-state index in [1.165, 1.54) is 0 Å². The Morgan fingerprint density at radius 1 is 1.47 bits per heavy atom. The van der Waals surface area contributed by atoms with Gasteiger partial charge in [0.2, 0.25) is 5.88 Å². The van der Waals surface area contributed by atoms with Gasteiger partial charge in [-0.3, -0.25) is 4.72 Å². The highest BCUT2D eigenvalue weighted by molar-refractivity contribution is 9.10. The Morgan fingerprint density at radius 3 is 2.89 bits per heavy atom. The van der Waals surface area contributed by atoms with Crippen molar-refractivity contribution in [2.75, 3.05) is 11.3 Å². The van der Waals surface area contributed by atoms with Gasteiger partial charge in [-0.25, -0.2) is 13.4 Å². The van der Waals surface area contributed by atoms with E-state index in [0.717, 1.165) is 11.3 Å². The van der Waals surface area contributed by atoms with Crippen molar-refractivity contribution in [3.63, 3.8) is 0 Å². The lowest BCUT2D eigenvalue weighted by atomic mass is 10.4. The quantitative estimate of drug-likeness (QED) is 0.886. The monoisotopic (exact) mass is 362 g/mol. The number of halogens is 1. The lowest BCUT2D eigenvalue weighted by molar-refractivity contribution is 0.329. The van der Waals surface area contributed by atoms with Gasteiger partial charge in [-0.15, -0.1) is 11.3 Å². The average molecular weight is 363 g/mol. The molecule has 0 aliphatic heterocycles. The summed E-state index contributed by atoms with van der Waals surface area (Å²) in [5, 5.41) is 1.70. The average Bonchev–Trinajstić information content (AvgIpc) is 2.79. The summed E-state index contributed by atoms with van der Waals surface area (Å²) in [6.45, 7) is 2.22. The van der Waals surface area contributed by atoms with E-state index in [1.54, 1.807) is 29.8 Å². The number of aromatic nitrogens is 1. The fourth-order valence-electron chi connectivity index (χ4n) is 1.38. The summed E-state index contributed by atoms with van der Waals surface area (Å²) in [7, 11) is -3.64. The third kappa shape index (κ3) is 3.26. The Morgan fingerprint density at radius 2 is 2.26 bits per heavy atom. The van der Waals surface area contributed by atoms with Gasteiger partial charge in [0.15, 0.2) is 4.21 Å². The summed E-state index contributed by atoms with van der Waals surface area (Å²) in [4.78, 5) is 4.00. The lowest BCUT2D eigenvalue weighted by Gasteiger charge is -2.10. The normalized spacial score (nSPS) is 11.3. The molecule has 0 aliphatic carbocycles. The summed E-state index contributed by atoms with van der Waals surface area (Å²) < 4.78 is 33.0. The highest BCUT2D eigenvalue weighted by Gasteiger charge is 2.21. The molecule has 0 bridgehead atoms. The molecule has 2 aromatic heterocycles. The van der Waals surface area contributed by atoms with E-state index in [1.807, 2.05) is 6.92 Å². The topological polar surface area (TPSA) is 68.3 Å². The molecule has 0 fully saturated rings. The number of hydrogen-bond donors (Lipinski definition) is 1. The molecule has 2 rings (SSSR count). The van der Waals surface area contributed by atoms with Crippen LogP contribution in [0.1, 0.15) is 6.92 Å². The third-order valence-electron chi connectivity index (χ3n) is 2.13. The molecule has 5 nitrogen and oxygen atoms in total. The maximum absolute atomic E-state index is 12.2. The van der Waals surface area contributed by atoms with Crippen molar-refractivity contribution in [3.05, 3.63) is 34.2 Å². The molecule has 2 aromatic rings. The van der Waals surface area contributed by atoms with Crippen LogP contribution in [0.15, 0.2) is 38.5 Å². The Kier molecular flexibility index (Phi) is 4.43. The first-order valence-electron chi connectivity index (χ1n) is 5.38. The highest BCUT2D eigenvalue weighted by Crippen LogP contribution is 2.31. The zero-order valence-corrected chi connectivity index (χ0v) is 13.2. The Hall–Kier alpha value is -1.12. The molecule has 0 saturated carbocycles. The van der Waals surface area contributed by atoms with Crippen LogP contribution in [0.5, 0.6) is 5.88 Å². The van der Waals surface area contributed by atoms with Gasteiger partial charge in [-0.1, -0.05) is 0 Å². The molecule has 102 valence electrons.